The quantitative estimate of drug-likeness (QED) is 0.923. The van der Waals surface area contributed by atoms with Gasteiger partial charge in [-0.1, -0.05) is 34.1 Å². The van der Waals surface area contributed by atoms with Gasteiger partial charge in [0.05, 0.1) is 0 Å². The second-order valence-corrected chi connectivity index (χ2v) is 5.22. The maximum Gasteiger partial charge on any atom is 0.353 e. The number of hydrogen-bond donors (Lipinski definition) is 1. The van der Waals surface area contributed by atoms with Gasteiger partial charge in [0.15, 0.2) is 0 Å². The van der Waals surface area contributed by atoms with Crippen LogP contribution in [0.4, 0.5) is 0 Å². The lowest BCUT2D eigenvalue weighted by molar-refractivity contribution is 0.0684. The van der Waals surface area contributed by atoms with E-state index < -0.39 is 5.97 Å². The fourth-order valence-corrected chi connectivity index (χ4v) is 2.50. The summed E-state index contributed by atoms with van der Waals surface area (Å²) in [4.78, 5) is 11.5. The molecule has 0 aliphatic rings. The molecule has 2 aromatic rings. The molecule has 0 saturated heterocycles. The Bertz CT molecular complexity index is 587. The van der Waals surface area contributed by atoms with Crippen LogP contribution in [0.3, 0.4) is 0 Å². The Labute approximate surface area is 114 Å². The number of aromatic carboxylic acids is 1. The molecule has 1 aromatic heterocycles. The number of carboxylic acid groups (broad SMARTS) is 1. The third kappa shape index (κ3) is 2.20. The van der Waals surface area contributed by atoms with Gasteiger partial charge in [0.1, 0.15) is 5.69 Å². The third-order valence-corrected chi connectivity index (χ3v) is 3.53. The Morgan fingerprint density at radius 2 is 1.89 bits per heavy atom. The molecule has 1 heterocycles. The van der Waals surface area contributed by atoms with Crippen LogP contribution in [0.25, 0.3) is 11.1 Å². The Morgan fingerprint density at radius 1 is 1.22 bits per heavy atom. The standard InChI is InChI=1S/C14H14BrNO2/c1-9(2)16-8-7-11(13(16)14(17)18)10-5-3-4-6-12(10)15/h3-9H,1-2H3,(H,17,18). The van der Waals surface area contributed by atoms with Crippen molar-refractivity contribution >= 4 is 21.9 Å². The molecule has 0 aliphatic heterocycles. The average Bonchev–Trinajstić information content (AvgIpc) is 2.74. The summed E-state index contributed by atoms with van der Waals surface area (Å²) in [6, 6.07) is 9.60. The van der Waals surface area contributed by atoms with Crippen LogP contribution < -0.4 is 0 Å². The zero-order valence-electron chi connectivity index (χ0n) is 10.2. The van der Waals surface area contributed by atoms with Gasteiger partial charge in [0.25, 0.3) is 0 Å². The van der Waals surface area contributed by atoms with E-state index in [-0.39, 0.29) is 6.04 Å². The van der Waals surface area contributed by atoms with Gasteiger partial charge >= 0.3 is 5.97 Å². The molecule has 0 bridgehead atoms. The van der Waals surface area contributed by atoms with Crippen LogP contribution >= 0.6 is 15.9 Å². The van der Waals surface area contributed by atoms with Crippen molar-refractivity contribution in [1.82, 2.24) is 4.57 Å². The second-order valence-electron chi connectivity index (χ2n) is 4.36. The summed E-state index contributed by atoms with van der Waals surface area (Å²) in [6.07, 6.45) is 1.82. The van der Waals surface area contributed by atoms with Gasteiger partial charge in [0, 0.05) is 22.3 Å². The van der Waals surface area contributed by atoms with Gasteiger partial charge in [-0.15, -0.1) is 0 Å². The molecule has 0 aliphatic carbocycles. The highest BCUT2D eigenvalue weighted by Crippen LogP contribution is 2.32. The minimum atomic E-state index is -0.903. The Morgan fingerprint density at radius 3 is 2.44 bits per heavy atom. The highest BCUT2D eigenvalue weighted by molar-refractivity contribution is 9.10. The number of nitrogens with zero attached hydrogens (tertiary/aromatic N) is 1. The Kier molecular flexibility index (Phi) is 3.57. The number of rotatable bonds is 3. The van der Waals surface area contributed by atoms with Crippen LogP contribution in [0.1, 0.15) is 30.4 Å². The molecule has 0 spiro atoms. The summed E-state index contributed by atoms with van der Waals surface area (Å²) in [5.41, 5.74) is 1.97. The van der Waals surface area contributed by atoms with E-state index in [9.17, 15) is 9.90 Å². The molecule has 94 valence electrons. The molecule has 0 fully saturated rings. The first-order valence-electron chi connectivity index (χ1n) is 5.71. The predicted molar refractivity (Wildman–Crippen MR) is 74.9 cm³/mol. The van der Waals surface area contributed by atoms with Crippen molar-refractivity contribution in [1.29, 1.82) is 0 Å². The van der Waals surface area contributed by atoms with Gasteiger partial charge in [-0.05, 0) is 31.5 Å². The highest BCUT2D eigenvalue weighted by Gasteiger charge is 2.19. The van der Waals surface area contributed by atoms with Gasteiger partial charge in [-0.2, -0.15) is 0 Å². The normalized spacial score (nSPS) is 10.9. The molecule has 1 N–H and O–H groups in total. The minimum absolute atomic E-state index is 0.118. The second kappa shape index (κ2) is 4.98. The molecule has 0 atom stereocenters. The van der Waals surface area contributed by atoms with Crippen molar-refractivity contribution in [3.05, 3.63) is 46.7 Å². The van der Waals surface area contributed by atoms with Crippen molar-refractivity contribution in [2.45, 2.75) is 19.9 Å². The number of benzene rings is 1. The molecule has 0 amide bonds. The largest absolute Gasteiger partial charge is 0.477 e. The fourth-order valence-electron chi connectivity index (χ4n) is 2.00. The van der Waals surface area contributed by atoms with E-state index >= 15 is 0 Å². The minimum Gasteiger partial charge on any atom is -0.477 e. The van der Waals surface area contributed by atoms with Crippen molar-refractivity contribution in [2.75, 3.05) is 0 Å². The predicted octanol–water partition coefficient (Wildman–Crippen LogP) is 4.20. The number of aromatic nitrogens is 1. The van der Waals surface area contributed by atoms with Crippen molar-refractivity contribution in [3.63, 3.8) is 0 Å². The van der Waals surface area contributed by atoms with Crippen LogP contribution in [0, 0.1) is 0 Å². The van der Waals surface area contributed by atoms with Crippen LogP contribution in [0.5, 0.6) is 0 Å². The van der Waals surface area contributed by atoms with Crippen LogP contribution in [-0.2, 0) is 0 Å². The summed E-state index contributed by atoms with van der Waals surface area (Å²) >= 11 is 3.46. The SMILES string of the molecule is CC(C)n1ccc(-c2ccccc2Br)c1C(=O)O. The molecule has 18 heavy (non-hydrogen) atoms. The van der Waals surface area contributed by atoms with E-state index in [1.54, 1.807) is 4.57 Å². The number of carbonyl (C=O) groups is 1. The first kappa shape index (κ1) is 12.9. The monoisotopic (exact) mass is 307 g/mol. The number of hydrogen-bond acceptors (Lipinski definition) is 1. The third-order valence-electron chi connectivity index (χ3n) is 2.84. The fraction of sp³-hybridized carbons (Fsp3) is 0.214. The van der Waals surface area contributed by atoms with E-state index in [2.05, 4.69) is 15.9 Å². The lowest BCUT2D eigenvalue weighted by atomic mass is 10.1. The molecular formula is C14H14BrNO2. The first-order chi connectivity index (χ1) is 8.52. The summed E-state index contributed by atoms with van der Waals surface area (Å²) in [5, 5.41) is 9.40. The lowest BCUT2D eigenvalue weighted by Gasteiger charge is -2.12. The van der Waals surface area contributed by atoms with E-state index in [4.69, 9.17) is 0 Å². The molecule has 0 saturated carbocycles. The number of halogens is 1. The van der Waals surface area contributed by atoms with Crippen molar-refractivity contribution in [2.24, 2.45) is 0 Å². The van der Waals surface area contributed by atoms with Crippen LogP contribution in [0.2, 0.25) is 0 Å². The van der Waals surface area contributed by atoms with Gasteiger partial charge in [-0.25, -0.2) is 4.79 Å². The summed E-state index contributed by atoms with van der Waals surface area (Å²) in [7, 11) is 0. The average molecular weight is 308 g/mol. The molecule has 1 aromatic carbocycles. The smallest absolute Gasteiger partial charge is 0.353 e. The highest BCUT2D eigenvalue weighted by atomic mass is 79.9. The number of carboxylic acids is 1. The topological polar surface area (TPSA) is 42.2 Å². The summed E-state index contributed by atoms with van der Waals surface area (Å²) < 4.78 is 2.67. The van der Waals surface area contributed by atoms with Gasteiger partial charge in [-0.3, -0.25) is 0 Å². The molecule has 4 heteroatoms. The lowest BCUT2D eigenvalue weighted by Crippen LogP contribution is -2.10. The van der Waals surface area contributed by atoms with E-state index in [1.165, 1.54) is 0 Å². The summed E-state index contributed by atoms with van der Waals surface area (Å²) in [5.74, 6) is -0.903. The zero-order valence-corrected chi connectivity index (χ0v) is 11.8. The molecular weight excluding hydrogens is 294 g/mol. The van der Waals surface area contributed by atoms with E-state index in [0.717, 1.165) is 15.6 Å². The summed E-state index contributed by atoms with van der Waals surface area (Å²) in [6.45, 7) is 3.94. The molecule has 0 radical (unpaired) electrons. The molecule has 3 nitrogen and oxygen atoms in total. The van der Waals surface area contributed by atoms with E-state index in [0.29, 0.717) is 5.69 Å². The zero-order chi connectivity index (χ0) is 13.3. The molecule has 0 unspecified atom stereocenters. The van der Waals surface area contributed by atoms with Crippen molar-refractivity contribution in [3.8, 4) is 11.1 Å². The van der Waals surface area contributed by atoms with Crippen LogP contribution in [-0.4, -0.2) is 15.6 Å². The maximum absolute atomic E-state index is 11.5. The maximum atomic E-state index is 11.5. The van der Waals surface area contributed by atoms with Crippen LogP contribution in [0.15, 0.2) is 41.0 Å². The Hall–Kier alpha value is -1.55. The molecule has 2 rings (SSSR count). The Balaban J connectivity index is 2.66. The van der Waals surface area contributed by atoms with Crippen molar-refractivity contribution < 1.29 is 9.90 Å². The van der Waals surface area contributed by atoms with Gasteiger partial charge in [0.2, 0.25) is 0 Å². The van der Waals surface area contributed by atoms with E-state index in [1.807, 2.05) is 50.4 Å². The first-order valence-corrected chi connectivity index (χ1v) is 6.50. The van der Waals surface area contributed by atoms with Gasteiger partial charge < -0.3 is 9.67 Å².